The third kappa shape index (κ3) is 2.02. The van der Waals surface area contributed by atoms with Gasteiger partial charge in [-0.05, 0) is 74.6 Å². The number of amides is 4. The molecule has 0 spiro atoms. The molecule has 6 aliphatic rings. The van der Waals surface area contributed by atoms with E-state index in [1.807, 2.05) is 0 Å². The molecule has 1 aromatic rings. The first-order chi connectivity index (χ1) is 15.4. The van der Waals surface area contributed by atoms with E-state index >= 15 is 0 Å². The van der Waals surface area contributed by atoms with Crippen LogP contribution in [0.25, 0.3) is 0 Å². The van der Waals surface area contributed by atoms with Gasteiger partial charge in [-0.2, -0.15) is 0 Å². The molecular weight excluding hydrogens is 404 g/mol. The van der Waals surface area contributed by atoms with Crippen LogP contribution in [-0.4, -0.2) is 23.6 Å². The van der Waals surface area contributed by atoms with Gasteiger partial charge in [-0.15, -0.1) is 0 Å². The predicted molar refractivity (Wildman–Crippen MR) is 116 cm³/mol. The zero-order chi connectivity index (χ0) is 22.0. The van der Waals surface area contributed by atoms with Crippen molar-refractivity contribution in [2.45, 2.75) is 26.7 Å². The Balaban J connectivity index is 1.17. The first-order valence-electron chi connectivity index (χ1n) is 11.6. The lowest BCUT2D eigenvalue weighted by Gasteiger charge is -2.21. The molecule has 2 heterocycles. The topological polar surface area (TPSA) is 74.8 Å². The summed E-state index contributed by atoms with van der Waals surface area (Å²) in [6.45, 7) is 4.11. The van der Waals surface area contributed by atoms with Gasteiger partial charge in [0.05, 0.1) is 35.0 Å². The molecule has 4 aliphatic carbocycles. The van der Waals surface area contributed by atoms with Crippen molar-refractivity contribution in [1.82, 2.24) is 0 Å². The van der Waals surface area contributed by atoms with Crippen LogP contribution < -0.4 is 9.80 Å². The molecular formula is C26H24N2O4. The largest absolute Gasteiger partial charge is 0.274 e. The molecule has 2 saturated heterocycles. The first kappa shape index (κ1) is 18.5. The molecule has 4 fully saturated rings. The second-order valence-corrected chi connectivity index (χ2v) is 10.5. The van der Waals surface area contributed by atoms with E-state index in [0.29, 0.717) is 11.4 Å². The van der Waals surface area contributed by atoms with E-state index in [1.165, 1.54) is 20.9 Å². The number of fused-ring (bicyclic) bond motifs is 10. The van der Waals surface area contributed by atoms with Gasteiger partial charge in [-0.3, -0.25) is 29.0 Å². The highest BCUT2D eigenvalue weighted by Gasteiger charge is 2.62. The van der Waals surface area contributed by atoms with Gasteiger partial charge >= 0.3 is 0 Å². The number of benzene rings is 1. The minimum atomic E-state index is -0.247. The van der Waals surface area contributed by atoms with Crippen LogP contribution in [0.1, 0.15) is 26.7 Å². The van der Waals surface area contributed by atoms with Crippen molar-refractivity contribution in [3.63, 3.8) is 0 Å². The number of nitrogens with zero attached hydrogens (tertiary/aromatic N) is 2. The van der Waals surface area contributed by atoms with E-state index in [2.05, 4.69) is 26.0 Å². The number of allylic oxidation sites excluding steroid dienone is 4. The summed E-state index contributed by atoms with van der Waals surface area (Å²) < 4.78 is 0. The van der Waals surface area contributed by atoms with Gasteiger partial charge < -0.3 is 0 Å². The third-order valence-electron chi connectivity index (χ3n) is 9.13. The molecule has 32 heavy (non-hydrogen) atoms. The van der Waals surface area contributed by atoms with Gasteiger partial charge in [0.2, 0.25) is 23.6 Å². The summed E-state index contributed by atoms with van der Waals surface area (Å²) in [7, 11) is 0. The third-order valence-corrected chi connectivity index (χ3v) is 9.13. The van der Waals surface area contributed by atoms with Crippen LogP contribution in [0.3, 0.4) is 0 Å². The number of anilines is 2. The van der Waals surface area contributed by atoms with Crippen LogP contribution in [0, 0.1) is 47.3 Å². The summed E-state index contributed by atoms with van der Waals surface area (Å²) in [5, 5.41) is 0. The molecule has 7 rings (SSSR count). The standard InChI is InChI=1S/C26H24N2O4/c1-11-7-13-9-17(11)21-19(13)23(29)27(25(21)31)15-3-5-16(6-4-15)28-24(30)20-14-8-12(2)18(10-14)22(20)26(28)32/h3-8,13-14,17-22H,9-10H2,1-2H3/t13-,14-,17+,18+,19-,20+,21-,22+/m0/s1. The molecule has 6 heteroatoms. The average Bonchev–Trinajstić information content (AvgIpc) is 3.57. The van der Waals surface area contributed by atoms with E-state index < -0.39 is 0 Å². The Morgan fingerprint density at radius 2 is 0.938 bits per heavy atom. The Morgan fingerprint density at radius 3 is 1.31 bits per heavy atom. The fourth-order valence-corrected chi connectivity index (χ4v) is 7.81. The molecule has 2 aliphatic heterocycles. The lowest BCUT2D eigenvalue weighted by molar-refractivity contribution is -0.124. The maximum absolute atomic E-state index is 13.2. The predicted octanol–water partition coefficient (Wildman–Crippen LogP) is 3.09. The van der Waals surface area contributed by atoms with E-state index in [4.69, 9.17) is 0 Å². The highest BCUT2D eigenvalue weighted by Crippen LogP contribution is 2.57. The van der Waals surface area contributed by atoms with E-state index in [9.17, 15) is 19.2 Å². The summed E-state index contributed by atoms with van der Waals surface area (Å²) in [5.41, 5.74) is 3.49. The summed E-state index contributed by atoms with van der Waals surface area (Å²) in [6.07, 6.45) is 6.14. The maximum Gasteiger partial charge on any atom is 0.238 e. The summed E-state index contributed by atoms with van der Waals surface area (Å²) in [6, 6.07) is 6.78. The molecule has 0 radical (unpaired) electrons. The number of carbonyl (C=O) groups excluding carboxylic acids is 4. The molecule has 2 saturated carbocycles. The van der Waals surface area contributed by atoms with Crippen molar-refractivity contribution in [2.75, 3.05) is 9.80 Å². The quantitative estimate of drug-likeness (QED) is 0.536. The fraction of sp³-hybridized carbons (Fsp3) is 0.462. The second-order valence-electron chi connectivity index (χ2n) is 10.5. The van der Waals surface area contributed by atoms with Crippen molar-refractivity contribution >= 4 is 35.0 Å². The molecule has 1 aromatic carbocycles. The van der Waals surface area contributed by atoms with Crippen LogP contribution in [0.15, 0.2) is 47.6 Å². The lowest BCUT2D eigenvalue weighted by Crippen LogP contribution is -2.34. The smallest absolute Gasteiger partial charge is 0.238 e. The van der Waals surface area contributed by atoms with E-state index in [-0.39, 0.29) is 71.0 Å². The van der Waals surface area contributed by atoms with Crippen molar-refractivity contribution in [2.24, 2.45) is 47.3 Å². The summed E-state index contributed by atoms with van der Waals surface area (Å²) >= 11 is 0. The van der Waals surface area contributed by atoms with Crippen LogP contribution >= 0.6 is 0 Å². The van der Waals surface area contributed by atoms with Crippen molar-refractivity contribution in [3.8, 4) is 0 Å². The normalized spacial score (nSPS) is 41.1. The molecule has 4 amide bonds. The zero-order valence-corrected chi connectivity index (χ0v) is 18.0. The maximum atomic E-state index is 13.2. The number of hydrogen-bond donors (Lipinski definition) is 0. The summed E-state index contributed by atoms with van der Waals surface area (Å²) in [4.78, 5) is 55.3. The number of imide groups is 2. The SMILES string of the molecule is CC1=C[C@H]2C[C@H]1[C@@H]1C(=O)N(c3ccc(N4C(=O)[C@H]5[C@H](C4=O)[C@H]4C=C(C)[C@H]5C4)cc3)C(=O)[C@H]12. The molecule has 0 N–H and O–H groups in total. The Morgan fingerprint density at radius 1 is 0.594 bits per heavy atom. The van der Waals surface area contributed by atoms with Crippen LogP contribution in [-0.2, 0) is 19.2 Å². The zero-order valence-electron chi connectivity index (χ0n) is 18.0. The van der Waals surface area contributed by atoms with E-state index in [0.717, 1.165) is 12.8 Å². The minimum Gasteiger partial charge on any atom is -0.274 e. The molecule has 8 atom stereocenters. The number of rotatable bonds is 2. The van der Waals surface area contributed by atoms with Gasteiger partial charge in [0.25, 0.3) is 0 Å². The molecule has 0 aromatic heterocycles. The highest BCUT2D eigenvalue weighted by atomic mass is 16.2. The minimum absolute atomic E-state index is 0.117. The van der Waals surface area contributed by atoms with Crippen molar-refractivity contribution in [3.05, 3.63) is 47.6 Å². The lowest BCUT2D eigenvalue weighted by atomic mass is 9.82. The molecule has 0 unspecified atom stereocenters. The number of hydrogen-bond acceptors (Lipinski definition) is 4. The van der Waals surface area contributed by atoms with Gasteiger partial charge in [0.1, 0.15) is 0 Å². The van der Waals surface area contributed by atoms with Gasteiger partial charge in [0.15, 0.2) is 0 Å². The second kappa shape index (κ2) is 5.85. The Bertz CT molecular complexity index is 1100. The monoisotopic (exact) mass is 428 g/mol. The summed E-state index contributed by atoms with van der Waals surface area (Å²) in [5.74, 6) is -0.776. The van der Waals surface area contributed by atoms with Crippen LogP contribution in [0.5, 0.6) is 0 Å². The van der Waals surface area contributed by atoms with E-state index in [1.54, 1.807) is 24.3 Å². The van der Waals surface area contributed by atoms with Crippen LogP contribution in [0.4, 0.5) is 11.4 Å². The molecule has 6 nitrogen and oxygen atoms in total. The Kier molecular flexibility index (Phi) is 3.39. The molecule has 4 bridgehead atoms. The number of carbonyl (C=O) groups is 4. The first-order valence-corrected chi connectivity index (χ1v) is 11.6. The van der Waals surface area contributed by atoms with Gasteiger partial charge in [0, 0.05) is 0 Å². The Labute approximate surface area is 185 Å². The van der Waals surface area contributed by atoms with Gasteiger partial charge in [-0.1, -0.05) is 23.3 Å². The van der Waals surface area contributed by atoms with Crippen molar-refractivity contribution in [1.29, 1.82) is 0 Å². The van der Waals surface area contributed by atoms with Crippen molar-refractivity contribution < 1.29 is 19.2 Å². The Hall–Kier alpha value is -3.02. The van der Waals surface area contributed by atoms with Crippen LogP contribution in [0.2, 0.25) is 0 Å². The van der Waals surface area contributed by atoms with Gasteiger partial charge in [-0.25, -0.2) is 0 Å². The fourth-order valence-electron chi connectivity index (χ4n) is 7.81. The molecule has 162 valence electrons. The average molecular weight is 428 g/mol. The highest BCUT2D eigenvalue weighted by molar-refractivity contribution is 6.24.